The lowest BCUT2D eigenvalue weighted by molar-refractivity contribution is 0.0584. The van der Waals surface area contributed by atoms with E-state index in [0.29, 0.717) is 6.54 Å². The van der Waals surface area contributed by atoms with Gasteiger partial charge in [-0.25, -0.2) is 4.79 Å². The highest BCUT2D eigenvalue weighted by Crippen LogP contribution is 2.31. The van der Waals surface area contributed by atoms with Gasteiger partial charge in [-0.1, -0.05) is 31.9 Å². The summed E-state index contributed by atoms with van der Waals surface area (Å²) in [6, 6.07) is 12.3. The molecule has 0 bridgehead atoms. The molecule has 2 aliphatic heterocycles. The number of rotatable bonds is 0. The second-order valence-corrected chi connectivity index (χ2v) is 9.46. The zero-order chi connectivity index (χ0) is 19.6. The predicted octanol–water partition coefficient (Wildman–Crippen LogP) is 6.16. The van der Waals surface area contributed by atoms with Crippen LogP contribution >= 0.6 is 31.9 Å². The van der Waals surface area contributed by atoms with E-state index >= 15 is 0 Å². The van der Waals surface area contributed by atoms with Gasteiger partial charge < -0.3 is 10.1 Å². The zero-order valence-corrected chi connectivity index (χ0v) is 19.0. The van der Waals surface area contributed by atoms with Crippen LogP contribution in [-0.4, -0.2) is 24.8 Å². The average Bonchev–Trinajstić information content (AvgIpc) is 3.19. The molecule has 0 saturated heterocycles. The molecule has 1 amide bonds. The van der Waals surface area contributed by atoms with Crippen molar-refractivity contribution in [2.24, 2.45) is 0 Å². The first kappa shape index (κ1) is 20.2. The smallest absolute Gasteiger partial charge is 0.414 e. The van der Waals surface area contributed by atoms with E-state index in [1.807, 2.05) is 32.9 Å². The van der Waals surface area contributed by atoms with Crippen molar-refractivity contribution in [3.8, 4) is 0 Å². The molecule has 2 heterocycles. The molecular formula is C21H24Br2N2O2. The standard InChI is InChI=1S/C13H16BrNO2.C8H8BrN/c1-13(2,3)17-12(16)15-7-6-9-8-10(14)4-5-11(9)15;9-7-1-2-8-6(5-7)3-4-10-8/h4-5,8H,6-7H2,1-3H3;1-2,5,10H,3-4H2. The third-order valence-corrected chi connectivity index (χ3v) is 5.31. The van der Waals surface area contributed by atoms with Crippen LogP contribution in [0.4, 0.5) is 16.2 Å². The number of hydrogen-bond donors (Lipinski definition) is 1. The lowest BCUT2D eigenvalue weighted by Crippen LogP contribution is -2.35. The summed E-state index contributed by atoms with van der Waals surface area (Å²) >= 11 is 6.87. The Bertz CT molecular complexity index is 847. The summed E-state index contributed by atoms with van der Waals surface area (Å²) in [5.41, 5.74) is 4.42. The van der Waals surface area contributed by atoms with Crippen LogP contribution in [0.1, 0.15) is 31.9 Å². The van der Waals surface area contributed by atoms with Crippen LogP contribution in [0.2, 0.25) is 0 Å². The van der Waals surface area contributed by atoms with Gasteiger partial charge in [-0.2, -0.15) is 0 Å². The molecular weight excluding hydrogens is 472 g/mol. The molecule has 0 unspecified atom stereocenters. The van der Waals surface area contributed by atoms with Gasteiger partial charge in [-0.05, 0) is 81.1 Å². The Morgan fingerprint density at radius 2 is 1.70 bits per heavy atom. The van der Waals surface area contributed by atoms with Gasteiger partial charge in [0, 0.05) is 27.7 Å². The Kier molecular flexibility index (Phi) is 6.16. The highest BCUT2D eigenvalue weighted by Gasteiger charge is 2.28. The summed E-state index contributed by atoms with van der Waals surface area (Å²) in [7, 11) is 0. The molecule has 4 rings (SSSR count). The fraction of sp³-hybridized carbons (Fsp3) is 0.381. The van der Waals surface area contributed by atoms with Crippen molar-refractivity contribution in [3.63, 3.8) is 0 Å². The van der Waals surface area contributed by atoms with Crippen molar-refractivity contribution in [3.05, 3.63) is 56.5 Å². The summed E-state index contributed by atoms with van der Waals surface area (Å²) in [6.07, 6.45) is 1.78. The van der Waals surface area contributed by atoms with E-state index in [-0.39, 0.29) is 6.09 Å². The van der Waals surface area contributed by atoms with Crippen molar-refractivity contribution in [2.45, 2.75) is 39.2 Å². The number of halogens is 2. The molecule has 1 N–H and O–H groups in total. The Balaban J connectivity index is 0.000000177. The lowest BCUT2D eigenvalue weighted by Gasteiger charge is -2.24. The number of fused-ring (bicyclic) bond motifs is 2. The van der Waals surface area contributed by atoms with Crippen molar-refractivity contribution >= 4 is 49.3 Å². The summed E-state index contributed by atoms with van der Waals surface area (Å²) in [5.74, 6) is 0. The van der Waals surface area contributed by atoms with E-state index in [4.69, 9.17) is 4.74 Å². The summed E-state index contributed by atoms with van der Waals surface area (Å²) < 4.78 is 7.60. The minimum atomic E-state index is -0.449. The molecule has 0 saturated carbocycles. The second kappa shape index (κ2) is 8.23. The summed E-state index contributed by atoms with van der Waals surface area (Å²) in [5, 5.41) is 3.31. The number of nitrogens with one attached hydrogen (secondary N) is 1. The highest BCUT2D eigenvalue weighted by atomic mass is 79.9. The first-order valence-electron chi connectivity index (χ1n) is 9.04. The molecule has 27 heavy (non-hydrogen) atoms. The minimum absolute atomic E-state index is 0.265. The van der Waals surface area contributed by atoms with Crippen LogP contribution in [0.15, 0.2) is 45.3 Å². The van der Waals surface area contributed by atoms with Gasteiger partial charge in [0.05, 0.1) is 5.69 Å². The minimum Gasteiger partial charge on any atom is -0.443 e. The van der Waals surface area contributed by atoms with Crippen LogP contribution in [0.3, 0.4) is 0 Å². The molecule has 2 aromatic rings. The van der Waals surface area contributed by atoms with E-state index in [1.54, 1.807) is 4.90 Å². The Hall–Kier alpha value is -1.53. The number of nitrogens with zero attached hydrogens (tertiary/aromatic N) is 1. The molecule has 144 valence electrons. The topological polar surface area (TPSA) is 41.6 Å². The molecule has 2 aliphatic rings. The number of benzene rings is 2. The first-order chi connectivity index (χ1) is 12.7. The van der Waals surface area contributed by atoms with Crippen LogP contribution in [0.5, 0.6) is 0 Å². The molecule has 4 nitrogen and oxygen atoms in total. The van der Waals surface area contributed by atoms with Crippen molar-refractivity contribution < 1.29 is 9.53 Å². The van der Waals surface area contributed by atoms with Crippen molar-refractivity contribution in [2.75, 3.05) is 23.3 Å². The normalized spacial score (nSPS) is 14.6. The van der Waals surface area contributed by atoms with Crippen LogP contribution in [-0.2, 0) is 17.6 Å². The number of ether oxygens (including phenoxy) is 1. The number of carbonyl (C=O) groups is 1. The average molecular weight is 496 g/mol. The van der Waals surface area contributed by atoms with E-state index in [2.05, 4.69) is 61.4 Å². The lowest BCUT2D eigenvalue weighted by atomic mass is 10.2. The molecule has 0 aromatic heterocycles. The molecule has 6 heteroatoms. The van der Waals surface area contributed by atoms with Gasteiger partial charge in [-0.3, -0.25) is 4.90 Å². The van der Waals surface area contributed by atoms with Gasteiger partial charge in [0.2, 0.25) is 0 Å². The molecule has 0 fully saturated rings. The second-order valence-electron chi connectivity index (χ2n) is 7.63. The Labute approximate surface area is 177 Å². The third kappa shape index (κ3) is 5.26. The zero-order valence-electron chi connectivity index (χ0n) is 15.8. The predicted molar refractivity (Wildman–Crippen MR) is 118 cm³/mol. The van der Waals surface area contributed by atoms with Gasteiger partial charge in [0.25, 0.3) is 0 Å². The number of carbonyl (C=O) groups excluding carboxylic acids is 1. The van der Waals surface area contributed by atoms with Gasteiger partial charge in [-0.15, -0.1) is 0 Å². The van der Waals surface area contributed by atoms with E-state index in [0.717, 1.165) is 29.5 Å². The van der Waals surface area contributed by atoms with E-state index in [9.17, 15) is 4.79 Å². The maximum atomic E-state index is 12.0. The maximum Gasteiger partial charge on any atom is 0.414 e. The molecule has 0 aliphatic carbocycles. The van der Waals surface area contributed by atoms with E-state index < -0.39 is 5.60 Å². The maximum absolute atomic E-state index is 12.0. The van der Waals surface area contributed by atoms with Gasteiger partial charge in [0.15, 0.2) is 0 Å². The summed E-state index contributed by atoms with van der Waals surface area (Å²) in [6.45, 7) is 7.42. The fourth-order valence-corrected chi connectivity index (χ4v) is 3.97. The van der Waals surface area contributed by atoms with Crippen molar-refractivity contribution in [1.29, 1.82) is 0 Å². The van der Waals surface area contributed by atoms with E-state index in [1.165, 1.54) is 21.3 Å². The number of amides is 1. The third-order valence-electron chi connectivity index (χ3n) is 4.33. The quantitative estimate of drug-likeness (QED) is 0.475. The number of anilines is 2. The molecule has 0 atom stereocenters. The van der Waals surface area contributed by atoms with Gasteiger partial charge in [0.1, 0.15) is 5.60 Å². The SMILES string of the molecule is Brc1ccc2c(c1)CCN2.CC(C)(C)OC(=O)N1CCc2cc(Br)ccc21. The first-order valence-corrected chi connectivity index (χ1v) is 10.6. The largest absolute Gasteiger partial charge is 0.443 e. The Morgan fingerprint density at radius 3 is 2.41 bits per heavy atom. The summed E-state index contributed by atoms with van der Waals surface area (Å²) in [4.78, 5) is 13.7. The fourth-order valence-electron chi connectivity index (χ4n) is 3.15. The molecule has 0 radical (unpaired) electrons. The molecule has 0 spiro atoms. The number of hydrogen-bond acceptors (Lipinski definition) is 3. The van der Waals surface area contributed by atoms with Crippen molar-refractivity contribution in [1.82, 2.24) is 0 Å². The monoisotopic (exact) mass is 494 g/mol. The van der Waals surface area contributed by atoms with Crippen LogP contribution in [0, 0.1) is 0 Å². The van der Waals surface area contributed by atoms with Gasteiger partial charge >= 0.3 is 6.09 Å². The highest BCUT2D eigenvalue weighted by molar-refractivity contribution is 9.10. The Morgan fingerprint density at radius 1 is 1.04 bits per heavy atom. The van der Waals surface area contributed by atoms with Crippen LogP contribution < -0.4 is 10.2 Å². The van der Waals surface area contributed by atoms with Crippen LogP contribution in [0.25, 0.3) is 0 Å². The molecule has 2 aromatic carbocycles.